The van der Waals surface area contributed by atoms with Crippen LogP contribution in [0.2, 0.25) is 0 Å². The molecule has 10 heteroatoms. The van der Waals surface area contributed by atoms with E-state index in [9.17, 15) is 4.79 Å². The Kier molecular flexibility index (Phi) is 5.50. The van der Waals surface area contributed by atoms with Crippen molar-refractivity contribution < 1.29 is 4.79 Å². The molecule has 0 radical (unpaired) electrons. The summed E-state index contributed by atoms with van der Waals surface area (Å²) in [5.74, 6) is 0.525. The third-order valence-corrected chi connectivity index (χ3v) is 3.96. The lowest BCUT2D eigenvalue weighted by Crippen LogP contribution is -2.30. The predicted molar refractivity (Wildman–Crippen MR) is 95.0 cm³/mol. The Balaban J connectivity index is 1.78. The van der Waals surface area contributed by atoms with Gasteiger partial charge in [-0.1, -0.05) is 0 Å². The third-order valence-electron chi connectivity index (χ3n) is 3.96. The standard InChI is InChI=1S/C16H19N9O/c1-18-16(26)15-12(21-7-10-3-2-4-19-10)5-13(24-25-15)23-14-9-20-11(6-17)8-22-14/h5,8-10,19H,2-4,7H2,1H3,(H,18,26)(H2,21,22,23,24). The Bertz CT molecular complexity index is 809. The zero-order valence-corrected chi connectivity index (χ0v) is 14.3. The Morgan fingerprint density at radius 3 is 2.88 bits per heavy atom. The molecule has 1 unspecified atom stereocenters. The number of nitrogens with one attached hydrogen (secondary N) is 4. The number of hydrogen-bond donors (Lipinski definition) is 4. The first kappa shape index (κ1) is 17.5. The minimum atomic E-state index is -0.316. The minimum Gasteiger partial charge on any atom is -0.381 e. The highest BCUT2D eigenvalue weighted by Gasteiger charge is 2.18. The summed E-state index contributed by atoms with van der Waals surface area (Å²) in [6.45, 7) is 1.69. The third kappa shape index (κ3) is 4.20. The summed E-state index contributed by atoms with van der Waals surface area (Å²) in [4.78, 5) is 20.1. The summed E-state index contributed by atoms with van der Waals surface area (Å²) in [7, 11) is 1.55. The molecule has 4 N–H and O–H groups in total. The van der Waals surface area contributed by atoms with Gasteiger partial charge in [-0.25, -0.2) is 9.97 Å². The van der Waals surface area contributed by atoms with Crippen molar-refractivity contribution in [2.45, 2.75) is 18.9 Å². The van der Waals surface area contributed by atoms with Crippen LogP contribution < -0.4 is 21.3 Å². The lowest BCUT2D eigenvalue weighted by atomic mass is 10.2. The molecule has 10 nitrogen and oxygen atoms in total. The fraction of sp³-hybridized carbons (Fsp3) is 0.375. The van der Waals surface area contributed by atoms with E-state index < -0.39 is 0 Å². The van der Waals surface area contributed by atoms with Gasteiger partial charge in [-0.15, -0.1) is 10.2 Å². The van der Waals surface area contributed by atoms with Gasteiger partial charge in [-0.3, -0.25) is 4.79 Å². The van der Waals surface area contributed by atoms with Crippen LogP contribution in [0.15, 0.2) is 18.5 Å². The lowest BCUT2D eigenvalue weighted by Gasteiger charge is -2.15. The smallest absolute Gasteiger partial charge is 0.273 e. The van der Waals surface area contributed by atoms with Crippen molar-refractivity contribution in [3.63, 3.8) is 0 Å². The van der Waals surface area contributed by atoms with Crippen molar-refractivity contribution in [2.24, 2.45) is 0 Å². The molecule has 26 heavy (non-hydrogen) atoms. The van der Waals surface area contributed by atoms with Gasteiger partial charge >= 0.3 is 0 Å². The van der Waals surface area contributed by atoms with Crippen molar-refractivity contribution >= 4 is 23.2 Å². The summed E-state index contributed by atoms with van der Waals surface area (Å²) in [6.07, 6.45) is 5.03. The quantitative estimate of drug-likeness (QED) is 0.581. The fourth-order valence-corrected chi connectivity index (χ4v) is 2.62. The van der Waals surface area contributed by atoms with E-state index >= 15 is 0 Å². The molecule has 134 valence electrons. The van der Waals surface area contributed by atoms with Crippen molar-refractivity contribution in [1.82, 2.24) is 30.8 Å². The van der Waals surface area contributed by atoms with Crippen LogP contribution in [0.3, 0.4) is 0 Å². The second-order valence-electron chi connectivity index (χ2n) is 5.77. The van der Waals surface area contributed by atoms with Crippen LogP contribution in [0.5, 0.6) is 0 Å². The first-order valence-electron chi connectivity index (χ1n) is 8.26. The van der Waals surface area contributed by atoms with Gasteiger partial charge in [0.15, 0.2) is 17.2 Å². The molecular formula is C16H19N9O. The van der Waals surface area contributed by atoms with Crippen molar-refractivity contribution in [2.75, 3.05) is 30.8 Å². The van der Waals surface area contributed by atoms with Crippen molar-refractivity contribution in [1.29, 1.82) is 5.26 Å². The number of anilines is 3. The first-order chi connectivity index (χ1) is 12.7. The van der Waals surface area contributed by atoms with Crippen molar-refractivity contribution in [3.8, 4) is 6.07 Å². The van der Waals surface area contributed by atoms with Gasteiger partial charge in [0, 0.05) is 25.7 Å². The molecule has 2 aromatic heterocycles. The second-order valence-corrected chi connectivity index (χ2v) is 5.77. The summed E-state index contributed by atoms with van der Waals surface area (Å²) < 4.78 is 0. The molecule has 1 amide bonds. The molecule has 1 fully saturated rings. The van der Waals surface area contributed by atoms with Crippen LogP contribution in [0.1, 0.15) is 29.0 Å². The molecule has 0 aromatic carbocycles. The Morgan fingerprint density at radius 2 is 2.23 bits per heavy atom. The van der Waals surface area contributed by atoms with E-state index in [4.69, 9.17) is 5.26 Å². The number of nitriles is 1. The summed E-state index contributed by atoms with van der Waals surface area (Å²) >= 11 is 0. The van der Waals surface area contributed by atoms with Gasteiger partial charge in [0.05, 0.1) is 18.1 Å². The van der Waals surface area contributed by atoms with Gasteiger partial charge in [-0.05, 0) is 19.4 Å². The van der Waals surface area contributed by atoms with Crippen LogP contribution in [0, 0.1) is 11.3 Å². The van der Waals surface area contributed by atoms with Gasteiger partial charge in [0.2, 0.25) is 0 Å². The predicted octanol–water partition coefficient (Wildman–Crippen LogP) is 0.405. The summed E-state index contributed by atoms with van der Waals surface area (Å²) in [6, 6.07) is 3.97. The highest BCUT2D eigenvalue weighted by atomic mass is 16.1. The monoisotopic (exact) mass is 353 g/mol. The SMILES string of the molecule is CNC(=O)c1nnc(Nc2cnc(C#N)cn2)cc1NCC1CCCN1. The first-order valence-corrected chi connectivity index (χ1v) is 8.26. The molecule has 3 heterocycles. The normalized spacial score (nSPS) is 15.9. The average molecular weight is 353 g/mol. The van der Waals surface area contributed by atoms with Gasteiger partial charge in [0.25, 0.3) is 5.91 Å². The van der Waals surface area contributed by atoms with Gasteiger partial charge < -0.3 is 21.3 Å². The van der Waals surface area contributed by atoms with Gasteiger partial charge in [-0.2, -0.15) is 5.26 Å². The number of amides is 1. The topological polar surface area (TPSA) is 141 Å². The molecule has 3 rings (SSSR count). The second kappa shape index (κ2) is 8.17. The fourth-order valence-electron chi connectivity index (χ4n) is 2.62. The Hall–Kier alpha value is -3.32. The molecule has 0 aliphatic carbocycles. The molecule has 2 aromatic rings. The zero-order valence-electron chi connectivity index (χ0n) is 14.3. The highest BCUT2D eigenvalue weighted by Crippen LogP contribution is 2.19. The van der Waals surface area contributed by atoms with Crippen molar-refractivity contribution in [3.05, 3.63) is 29.8 Å². The maximum atomic E-state index is 12.0. The molecule has 1 atom stereocenters. The molecule has 0 bridgehead atoms. The van der Waals surface area contributed by atoms with E-state index in [1.807, 2.05) is 6.07 Å². The van der Waals surface area contributed by atoms with E-state index in [0.29, 0.717) is 29.9 Å². The molecule has 1 aliphatic heterocycles. The maximum Gasteiger partial charge on any atom is 0.273 e. The summed E-state index contributed by atoms with van der Waals surface area (Å²) in [5, 5.41) is 29.0. The van der Waals surface area contributed by atoms with Crippen LogP contribution in [-0.2, 0) is 0 Å². The number of rotatable bonds is 6. The van der Waals surface area contributed by atoms with Gasteiger partial charge in [0.1, 0.15) is 11.9 Å². The number of nitrogens with zero attached hydrogens (tertiary/aromatic N) is 5. The average Bonchev–Trinajstić information content (AvgIpc) is 3.20. The van der Waals surface area contributed by atoms with Crippen LogP contribution >= 0.6 is 0 Å². The number of hydrogen-bond acceptors (Lipinski definition) is 9. The summed E-state index contributed by atoms with van der Waals surface area (Å²) in [5.41, 5.74) is 1.03. The largest absolute Gasteiger partial charge is 0.381 e. The van der Waals surface area contributed by atoms with E-state index in [-0.39, 0.29) is 17.3 Å². The van der Waals surface area contributed by atoms with E-state index in [1.165, 1.54) is 12.4 Å². The van der Waals surface area contributed by atoms with Crippen LogP contribution in [0.4, 0.5) is 17.3 Å². The van der Waals surface area contributed by atoms with E-state index in [0.717, 1.165) is 19.4 Å². The molecule has 1 saturated heterocycles. The maximum absolute atomic E-state index is 12.0. The molecule has 1 aliphatic rings. The number of carbonyl (C=O) groups is 1. The van der Waals surface area contributed by atoms with E-state index in [1.54, 1.807) is 13.1 Å². The molecular weight excluding hydrogens is 334 g/mol. The number of carbonyl (C=O) groups excluding carboxylic acids is 1. The Labute approximate surface area is 150 Å². The Morgan fingerprint density at radius 1 is 1.35 bits per heavy atom. The molecule has 0 saturated carbocycles. The highest BCUT2D eigenvalue weighted by molar-refractivity contribution is 5.97. The number of aromatic nitrogens is 4. The lowest BCUT2D eigenvalue weighted by molar-refractivity contribution is 0.0958. The molecule has 0 spiro atoms. The van der Waals surface area contributed by atoms with Crippen LogP contribution in [0.25, 0.3) is 0 Å². The minimum absolute atomic E-state index is 0.224. The zero-order chi connectivity index (χ0) is 18.4. The van der Waals surface area contributed by atoms with Crippen LogP contribution in [-0.4, -0.2) is 52.3 Å². The van der Waals surface area contributed by atoms with E-state index in [2.05, 4.69) is 41.4 Å².